The quantitative estimate of drug-likeness (QED) is 0.527. The summed E-state index contributed by atoms with van der Waals surface area (Å²) < 4.78 is 1.88. The molecule has 0 radical (unpaired) electrons. The molecule has 2 heterocycles. The highest BCUT2D eigenvalue weighted by atomic mass is 15.4. The lowest BCUT2D eigenvalue weighted by atomic mass is 9.99. The number of pyridine rings is 1. The normalized spacial score (nSPS) is 11.7. The number of benzene rings is 2. The van der Waals surface area contributed by atoms with E-state index in [0.717, 1.165) is 27.9 Å². The molecule has 4 rings (SSSR count). The highest BCUT2D eigenvalue weighted by Gasteiger charge is 2.10. The van der Waals surface area contributed by atoms with Gasteiger partial charge in [-0.2, -0.15) is 0 Å². The third kappa shape index (κ3) is 2.64. The van der Waals surface area contributed by atoms with Gasteiger partial charge in [-0.1, -0.05) is 71.9 Å². The third-order valence-corrected chi connectivity index (χ3v) is 3.80. The fourth-order valence-electron chi connectivity index (χ4n) is 2.69. The van der Waals surface area contributed by atoms with Crippen LogP contribution in [0.2, 0.25) is 0 Å². The molecule has 0 saturated heterocycles. The Balaban J connectivity index is 1.96. The summed E-state index contributed by atoms with van der Waals surface area (Å²) in [5.74, 6) is 0. The van der Waals surface area contributed by atoms with Gasteiger partial charge in [0.05, 0.1) is 17.4 Å². The predicted octanol–water partition coefficient (Wildman–Crippen LogP) is 4.32. The van der Waals surface area contributed by atoms with Crippen molar-refractivity contribution in [3.8, 4) is 0 Å². The van der Waals surface area contributed by atoms with E-state index >= 15 is 0 Å². The van der Waals surface area contributed by atoms with Gasteiger partial charge in [-0.3, -0.25) is 0 Å². The topological polar surface area (TPSA) is 30.2 Å². The van der Waals surface area contributed by atoms with Crippen molar-refractivity contribution in [1.29, 1.82) is 0 Å². The van der Waals surface area contributed by atoms with Gasteiger partial charge in [0.15, 0.2) is 0 Å². The van der Waals surface area contributed by atoms with Gasteiger partial charge in [-0.15, -0.1) is 5.10 Å². The van der Waals surface area contributed by atoms with Crippen LogP contribution in [-0.4, -0.2) is 14.8 Å². The lowest BCUT2D eigenvalue weighted by Crippen LogP contribution is -1.99. The van der Waals surface area contributed by atoms with Crippen LogP contribution in [0.5, 0.6) is 0 Å². The van der Waals surface area contributed by atoms with E-state index in [4.69, 9.17) is 0 Å². The minimum Gasteiger partial charge on any atom is -0.213 e. The number of rotatable bonds is 3. The molecule has 3 nitrogen and oxygen atoms in total. The SMILES string of the molecule is C(=C(\c1ccccc1)c1cccc2cnnn12)/c1ccccc1. The maximum absolute atomic E-state index is 4.23. The van der Waals surface area contributed by atoms with Crippen LogP contribution in [0, 0.1) is 0 Å². The molecule has 0 fully saturated rings. The lowest BCUT2D eigenvalue weighted by Gasteiger charge is -2.10. The molecule has 0 spiro atoms. The molecule has 110 valence electrons. The Morgan fingerprint density at radius 2 is 1.52 bits per heavy atom. The summed E-state index contributed by atoms with van der Waals surface area (Å²) in [7, 11) is 0. The fourth-order valence-corrected chi connectivity index (χ4v) is 2.69. The second kappa shape index (κ2) is 5.89. The van der Waals surface area contributed by atoms with Gasteiger partial charge in [-0.05, 0) is 29.3 Å². The van der Waals surface area contributed by atoms with E-state index in [1.807, 2.05) is 40.9 Å². The van der Waals surface area contributed by atoms with Crippen molar-refractivity contribution in [3.05, 3.63) is 102 Å². The Hall–Kier alpha value is -3.20. The molecule has 3 heteroatoms. The monoisotopic (exact) mass is 297 g/mol. The zero-order valence-electron chi connectivity index (χ0n) is 12.5. The van der Waals surface area contributed by atoms with E-state index in [1.165, 1.54) is 0 Å². The molecule has 0 amide bonds. The Kier molecular flexibility index (Phi) is 3.45. The number of aromatic nitrogens is 3. The molecule has 0 aliphatic heterocycles. The van der Waals surface area contributed by atoms with Gasteiger partial charge in [0.1, 0.15) is 0 Å². The average Bonchev–Trinajstić information content (AvgIpc) is 3.10. The molecule has 0 saturated carbocycles. The summed E-state index contributed by atoms with van der Waals surface area (Å²) >= 11 is 0. The maximum Gasteiger partial charge on any atom is 0.0872 e. The molecule has 0 aliphatic rings. The van der Waals surface area contributed by atoms with Crippen molar-refractivity contribution < 1.29 is 0 Å². The van der Waals surface area contributed by atoms with Gasteiger partial charge in [0.2, 0.25) is 0 Å². The zero-order valence-corrected chi connectivity index (χ0v) is 12.5. The third-order valence-electron chi connectivity index (χ3n) is 3.80. The zero-order chi connectivity index (χ0) is 15.5. The summed E-state index contributed by atoms with van der Waals surface area (Å²) in [6.45, 7) is 0. The summed E-state index contributed by atoms with van der Waals surface area (Å²) in [4.78, 5) is 0. The molecule has 0 bridgehead atoms. The van der Waals surface area contributed by atoms with E-state index in [9.17, 15) is 0 Å². The van der Waals surface area contributed by atoms with E-state index in [-0.39, 0.29) is 0 Å². The van der Waals surface area contributed by atoms with Crippen LogP contribution in [-0.2, 0) is 0 Å². The lowest BCUT2D eigenvalue weighted by molar-refractivity contribution is 0.845. The molecule has 4 aromatic rings. The van der Waals surface area contributed by atoms with E-state index in [0.29, 0.717) is 0 Å². The fraction of sp³-hybridized carbons (Fsp3) is 0. The van der Waals surface area contributed by atoms with Gasteiger partial charge in [0.25, 0.3) is 0 Å². The highest BCUT2D eigenvalue weighted by molar-refractivity contribution is 5.90. The maximum atomic E-state index is 4.23. The van der Waals surface area contributed by atoms with Crippen LogP contribution in [0.25, 0.3) is 17.2 Å². The van der Waals surface area contributed by atoms with Crippen LogP contribution >= 0.6 is 0 Å². The number of hydrogen-bond donors (Lipinski definition) is 0. The second-order valence-corrected chi connectivity index (χ2v) is 5.32. The molecule has 2 aromatic heterocycles. The molecule has 0 unspecified atom stereocenters. The first-order chi connectivity index (χ1) is 11.4. The molecule has 0 atom stereocenters. The van der Waals surface area contributed by atoms with Crippen molar-refractivity contribution in [2.24, 2.45) is 0 Å². The van der Waals surface area contributed by atoms with Gasteiger partial charge < -0.3 is 0 Å². The van der Waals surface area contributed by atoms with Crippen molar-refractivity contribution in [1.82, 2.24) is 14.8 Å². The molecule has 0 N–H and O–H groups in total. The van der Waals surface area contributed by atoms with Crippen molar-refractivity contribution in [2.45, 2.75) is 0 Å². The van der Waals surface area contributed by atoms with Gasteiger partial charge >= 0.3 is 0 Å². The number of nitrogens with zero attached hydrogens (tertiary/aromatic N) is 3. The molecule has 2 aromatic carbocycles. The predicted molar refractivity (Wildman–Crippen MR) is 92.8 cm³/mol. The van der Waals surface area contributed by atoms with Crippen LogP contribution in [0.1, 0.15) is 16.8 Å². The summed E-state index contributed by atoms with van der Waals surface area (Å²) in [6, 6.07) is 26.8. The van der Waals surface area contributed by atoms with Crippen LogP contribution in [0.4, 0.5) is 0 Å². The van der Waals surface area contributed by atoms with Crippen molar-refractivity contribution in [3.63, 3.8) is 0 Å². The first kappa shape index (κ1) is 13.5. The Morgan fingerprint density at radius 1 is 0.783 bits per heavy atom. The minimum atomic E-state index is 0.984. The average molecular weight is 297 g/mol. The van der Waals surface area contributed by atoms with Crippen LogP contribution in [0.3, 0.4) is 0 Å². The van der Waals surface area contributed by atoms with E-state index < -0.39 is 0 Å². The van der Waals surface area contributed by atoms with E-state index in [2.05, 4.69) is 58.9 Å². The van der Waals surface area contributed by atoms with E-state index in [1.54, 1.807) is 6.20 Å². The summed E-state index contributed by atoms with van der Waals surface area (Å²) in [5, 5.41) is 8.26. The molecular weight excluding hydrogens is 282 g/mol. The standard InChI is InChI=1S/C20H15N3/c1-3-8-16(9-4-1)14-19(17-10-5-2-6-11-17)20-13-7-12-18-15-21-22-23(18)20/h1-15H/b19-14-. The smallest absolute Gasteiger partial charge is 0.0872 e. The van der Waals surface area contributed by atoms with Gasteiger partial charge in [-0.25, -0.2) is 4.52 Å². The first-order valence-electron chi connectivity index (χ1n) is 7.54. The largest absolute Gasteiger partial charge is 0.213 e. The summed E-state index contributed by atoms with van der Waals surface area (Å²) in [5.41, 5.74) is 5.43. The van der Waals surface area contributed by atoms with Crippen molar-refractivity contribution >= 4 is 17.2 Å². The second-order valence-electron chi connectivity index (χ2n) is 5.32. The number of hydrogen-bond acceptors (Lipinski definition) is 2. The Bertz CT molecular complexity index is 954. The Labute approximate surface area is 134 Å². The molecular formula is C20H15N3. The van der Waals surface area contributed by atoms with Crippen LogP contribution in [0.15, 0.2) is 85.1 Å². The summed E-state index contributed by atoms with van der Waals surface area (Å²) in [6.07, 6.45) is 3.96. The number of fused-ring (bicyclic) bond motifs is 1. The van der Waals surface area contributed by atoms with Gasteiger partial charge in [0, 0.05) is 5.57 Å². The minimum absolute atomic E-state index is 0.984. The molecule has 0 aliphatic carbocycles. The molecule has 23 heavy (non-hydrogen) atoms. The van der Waals surface area contributed by atoms with Crippen LogP contribution < -0.4 is 0 Å². The Morgan fingerprint density at radius 3 is 2.30 bits per heavy atom. The first-order valence-corrected chi connectivity index (χ1v) is 7.54. The van der Waals surface area contributed by atoms with Crippen molar-refractivity contribution in [2.75, 3.05) is 0 Å². The highest BCUT2D eigenvalue weighted by Crippen LogP contribution is 2.26.